The first-order chi connectivity index (χ1) is 9.15. The zero-order chi connectivity index (χ0) is 13.3. The topological polar surface area (TPSA) is 72.2 Å². The fourth-order valence-corrected chi connectivity index (χ4v) is 3.93. The number of halogens is 1. The van der Waals surface area contributed by atoms with E-state index in [9.17, 15) is 8.42 Å². The molecule has 1 atom stereocenters. The third-order valence-corrected chi connectivity index (χ3v) is 5.01. The van der Waals surface area contributed by atoms with Gasteiger partial charge in [0.25, 0.3) is 0 Å². The van der Waals surface area contributed by atoms with Gasteiger partial charge < -0.3 is 9.73 Å². The molecule has 1 aliphatic heterocycles. The van der Waals surface area contributed by atoms with E-state index in [1.807, 2.05) is 6.07 Å². The van der Waals surface area contributed by atoms with E-state index in [0.29, 0.717) is 11.1 Å². The van der Waals surface area contributed by atoms with E-state index in [1.54, 1.807) is 18.2 Å². The second-order valence-corrected chi connectivity index (χ2v) is 6.85. The second-order valence-electron chi connectivity index (χ2n) is 4.94. The van der Waals surface area contributed by atoms with Crippen LogP contribution in [0.2, 0.25) is 0 Å². The van der Waals surface area contributed by atoms with Gasteiger partial charge in [-0.3, -0.25) is 0 Å². The van der Waals surface area contributed by atoms with Crippen LogP contribution < -0.4 is 5.32 Å². The summed E-state index contributed by atoms with van der Waals surface area (Å²) < 4.78 is 29.9. The molecule has 2 heterocycles. The third kappa shape index (κ3) is 3.13. The Morgan fingerprint density at radius 3 is 2.85 bits per heavy atom. The number of hydrogen-bond acceptors (Lipinski definition) is 5. The number of aromatic nitrogens is 1. The number of para-hydroxylation sites is 2. The summed E-state index contributed by atoms with van der Waals surface area (Å²) in [6.45, 7) is 1.72. The Hall–Kier alpha value is -1.11. The Morgan fingerprint density at radius 1 is 1.35 bits per heavy atom. The highest BCUT2D eigenvalue weighted by atomic mass is 35.5. The number of benzene rings is 1. The van der Waals surface area contributed by atoms with Crippen molar-refractivity contribution in [2.24, 2.45) is 5.92 Å². The molecule has 1 aromatic carbocycles. The normalized spacial score (nSPS) is 19.7. The van der Waals surface area contributed by atoms with E-state index < -0.39 is 9.84 Å². The Morgan fingerprint density at radius 2 is 2.15 bits per heavy atom. The zero-order valence-electron chi connectivity index (χ0n) is 10.9. The van der Waals surface area contributed by atoms with Crippen LogP contribution in [0.5, 0.6) is 0 Å². The van der Waals surface area contributed by atoms with Crippen LogP contribution >= 0.6 is 12.4 Å². The monoisotopic (exact) mass is 316 g/mol. The summed E-state index contributed by atoms with van der Waals surface area (Å²) in [5, 5.41) is 3.07. The number of rotatable bonds is 3. The van der Waals surface area contributed by atoms with Gasteiger partial charge in [-0.25, -0.2) is 8.42 Å². The summed E-state index contributed by atoms with van der Waals surface area (Å²) in [5.41, 5.74) is 1.10. The molecule has 1 N–H and O–H groups in total. The Kier molecular flexibility index (Phi) is 4.67. The second kappa shape index (κ2) is 6.11. The molecule has 0 amide bonds. The lowest BCUT2D eigenvalue weighted by molar-refractivity contribution is 0.397. The molecular formula is C13H17ClN2O3S. The molecule has 1 aliphatic rings. The number of piperidine rings is 1. The molecule has 7 heteroatoms. The minimum absolute atomic E-state index is 0. The smallest absolute Gasteiger partial charge is 0.316 e. The lowest BCUT2D eigenvalue weighted by atomic mass is 10.0. The summed E-state index contributed by atoms with van der Waals surface area (Å²) in [6.07, 6.45) is 1.96. The van der Waals surface area contributed by atoms with Gasteiger partial charge in [-0.05, 0) is 44.0 Å². The molecule has 1 aromatic heterocycles. The van der Waals surface area contributed by atoms with Crippen LogP contribution in [0.15, 0.2) is 33.9 Å². The zero-order valence-corrected chi connectivity index (χ0v) is 12.5. The van der Waals surface area contributed by atoms with Crippen LogP contribution in [0.1, 0.15) is 12.8 Å². The van der Waals surface area contributed by atoms with Crippen LogP contribution in [0.4, 0.5) is 0 Å². The summed E-state index contributed by atoms with van der Waals surface area (Å²) in [6, 6.07) is 7.09. The Bertz CT molecular complexity index is 645. The molecule has 5 nitrogen and oxygen atoms in total. The number of nitrogens with one attached hydrogen (secondary N) is 1. The maximum absolute atomic E-state index is 12.3. The van der Waals surface area contributed by atoms with Crippen LogP contribution in [0.25, 0.3) is 11.1 Å². The molecule has 0 spiro atoms. The van der Waals surface area contributed by atoms with Crippen molar-refractivity contribution in [2.45, 2.75) is 18.1 Å². The van der Waals surface area contributed by atoms with E-state index in [-0.39, 0.29) is 29.3 Å². The van der Waals surface area contributed by atoms with Crippen molar-refractivity contribution in [3.63, 3.8) is 0 Å². The average molecular weight is 317 g/mol. The van der Waals surface area contributed by atoms with Crippen LogP contribution in [-0.4, -0.2) is 32.2 Å². The molecule has 2 aromatic rings. The van der Waals surface area contributed by atoms with Crippen molar-refractivity contribution in [1.29, 1.82) is 0 Å². The molecule has 110 valence electrons. The lowest BCUT2D eigenvalue weighted by Gasteiger charge is -2.21. The van der Waals surface area contributed by atoms with Gasteiger partial charge in [0.15, 0.2) is 5.58 Å². The van der Waals surface area contributed by atoms with Crippen LogP contribution in [-0.2, 0) is 9.84 Å². The first-order valence-electron chi connectivity index (χ1n) is 6.44. The quantitative estimate of drug-likeness (QED) is 0.938. The van der Waals surface area contributed by atoms with Gasteiger partial charge in [0.1, 0.15) is 5.52 Å². The predicted octanol–water partition coefficient (Wildman–Crippen LogP) is 2.02. The van der Waals surface area contributed by atoms with Gasteiger partial charge in [0, 0.05) is 0 Å². The molecule has 0 bridgehead atoms. The van der Waals surface area contributed by atoms with Crippen molar-refractivity contribution in [3.8, 4) is 0 Å². The van der Waals surface area contributed by atoms with Gasteiger partial charge >= 0.3 is 5.22 Å². The van der Waals surface area contributed by atoms with Crippen molar-refractivity contribution >= 4 is 33.3 Å². The van der Waals surface area contributed by atoms with Gasteiger partial charge in [0.05, 0.1) is 5.75 Å². The molecule has 1 fully saturated rings. The highest BCUT2D eigenvalue weighted by molar-refractivity contribution is 7.91. The van der Waals surface area contributed by atoms with E-state index in [1.165, 1.54) is 0 Å². The summed E-state index contributed by atoms with van der Waals surface area (Å²) >= 11 is 0. The maximum atomic E-state index is 12.3. The molecule has 3 rings (SSSR count). The van der Waals surface area contributed by atoms with E-state index in [0.717, 1.165) is 25.9 Å². The van der Waals surface area contributed by atoms with Crippen molar-refractivity contribution < 1.29 is 12.8 Å². The fourth-order valence-electron chi connectivity index (χ4n) is 2.43. The third-order valence-electron chi connectivity index (χ3n) is 3.39. The molecule has 1 saturated heterocycles. The van der Waals surface area contributed by atoms with Crippen molar-refractivity contribution in [1.82, 2.24) is 10.3 Å². The molecular weight excluding hydrogens is 300 g/mol. The highest BCUT2D eigenvalue weighted by Crippen LogP contribution is 2.22. The van der Waals surface area contributed by atoms with Gasteiger partial charge in [-0.15, -0.1) is 12.4 Å². The Labute approximate surface area is 124 Å². The highest BCUT2D eigenvalue weighted by Gasteiger charge is 2.27. The molecule has 0 radical (unpaired) electrons. The van der Waals surface area contributed by atoms with Crippen LogP contribution in [0.3, 0.4) is 0 Å². The Balaban J connectivity index is 0.00000147. The summed E-state index contributed by atoms with van der Waals surface area (Å²) in [7, 11) is -3.44. The minimum atomic E-state index is -3.44. The number of hydrogen-bond donors (Lipinski definition) is 1. The number of oxazole rings is 1. The van der Waals surface area contributed by atoms with E-state index in [2.05, 4.69) is 10.3 Å². The average Bonchev–Trinajstić information content (AvgIpc) is 2.84. The number of fused-ring (bicyclic) bond motifs is 1. The van der Waals surface area contributed by atoms with Gasteiger partial charge in [-0.1, -0.05) is 12.1 Å². The number of nitrogens with zero attached hydrogens (tertiary/aromatic N) is 1. The lowest BCUT2D eigenvalue weighted by Crippen LogP contribution is -2.33. The fraction of sp³-hybridized carbons (Fsp3) is 0.462. The minimum Gasteiger partial charge on any atom is -0.428 e. The first kappa shape index (κ1) is 15.3. The standard InChI is InChI=1S/C13H16N2O3S.ClH/c16-19(17,9-10-4-3-7-14-8-10)13-15-11-5-1-2-6-12(11)18-13;/h1-2,5-6,10,14H,3-4,7-9H2;1H. The van der Waals surface area contributed by atoms with Gasteiger partial charge in [0.2, 0.25) is 9.84 Å². The van der Waals surface area contributed by atoms with Crippen LogP contribution in [0, 0.1) is 5.92 Å². The van der Waals surface area contributed by atoms with Crippen molar-refractivity contribution in [3.05, 3.63) is 24.3 Å². The molecule has 20 heavy (non-hydrogen) atoms. The maximum Gasteiger partial charge on any atom is 0.316 e. The first-order valence-corrected chi connectivity index (χ1v) is 8.09. The van der Waals surface area contributed by atoms with Gasteiger partial charge in [-0.2, -0.15) is 4.98 Å². The number of sulfone groups is 1. The van der Waals surface area contributed by atoms with E-state index >= 15 is 0 Å². The largest absolute Gasteiger partial charge is 0.428 e. The summed E-state index contributed by atoms with van der Waals surface area (Å²) in [4.78, 5) is 4.07. The predicted molar refractivity (Wildman–Crippen MR) is 78.9 cm³/mol. The SMILES string of the molecule is Cl.O=S(=O)(CC1CCCNC1)c1nc2ccccc2o1. The summed E-state index contributed by atoms with van der Waals surface area (Å²) in [5.74, 6) is 0.251. The van der Waals surface area contributed by atoms with Crippen molar-refractivity contribution in [2.75, 3.05) is 18.8 Å². The molecule has 1 unspecified atom stereocenters. The molecule has 0 saturated carbocycles. The van der Waals surface area contributed by atoms with E-state index in [4.69, 9.17) is 4.42 Å². The molecule has 0 aliphatic carbocycles.